The molecule has 3 nitrogen and oxygen atoms in total. The average Bonchev–Trinajstić information content (AvgIpc) is 2.37. The molecule has 0 spiro atoms. The van der Waals surface area contributed by atoms with Crippen LogP contribution in [0.3, 0.4) is 0 Å². The lowest BCUT2D eigenvalue weighted by Crippen LogP contribution is -2.29. The van der Waals surface area contributed by atoms with Crippen LogP contribution in [0.15, 0.2) is 24.3 Å². The maximum atomic E-state index is 8.99. The van der Waals surface area contributed by atoms with Gasteiger partial charge in [0.1, 0.15) is 0 Å². The van der Waals surface area contributed by atoms with Crippen LogP contribution >= 0.6 is 0 Å². The highest BCUT2D eigenvalue weighted by atomic mass is 16.2. The molecule has 0 aromatic heterocycles. The monoisotopic (exact) mass is 246 g/mol. The van der Waals surface area contributed by atoms with Crippen molar-refractivity contribution in [2.75, 3.05) is 13.2 Å². The Morgan fingerprint density at radius 1 is 1.33 bits per heavy atom. The van der Waals surface area contributed by atoms with Gasteiger partial charge in [-0.25, -0.2) is 0 Å². The molecular weight excluding hydrogens is 224 g/mol. The summed E-state index contributed by atoms with van der Waals surface area (Å²) in [7, 11) is 0. The molecule has 1 rings (SSSR count). The maximum Gasteiger partial charge on any atom is 0.0995 e. The second-order valence-electron chi connectivity index (χ2n) is 5.36. The fourth-order valence-electron chi connectivity index (χ4n) is 1.97. The third-order valence-corrected chi connectivity index (χ3v) is 3.07. The van der Waals surface area contributed by atoms with Crippen molar-refractivity contribution in [3.05, 3.63) is 35.4 Å². The number of rotatable bonds is 7. The van der Waals surface area contributed by atoms with Crippen molar-refractivity contribution >= 4 is 0 Å². The predicted molar refractivity (Wildman–Crippen MR) is 73.0 cm³/mol. The highest BCUT2D eigenvalue weighted by Gasteiger charge is 2.16. The molecule has 18 heavy (non-hydrogen) atoms. The Kier molecular flexibility index (Phi) is 5.84. The minimum atomic E-state index is 0.171. The summed E-state index contributed by atoms with van der Waals surface area (Å²) < 4.78 is 0. The zero-order chi connectivity index (χ0) is 13.4. The first-order valence-electron chi connectivity index (χ1n) is 6.38. The second-order valence-corrected chi connectivity index (χ2v) is 5.36. The Hall–Kier alpha value is -1.37. The fourth-order valence-corrected chi connectivity index (χ4v) is 1.97. The van der Waals surface area contributed by atoms with Crippen molar-refractivity contribution in [1.82, 2.24) is 5.32 Å². The van der Waals surface area contributed by atoms with Crippen molar-refractivity contribution in [3.8, 4) is 6.07 Å². The van der Waals surface area contributed by atoms with Crippen molar-refractivity contribution in [3.63, 3.8) is 0 Å². The zero-order valence-corrected chi connectivity index (χ0v) is 11.2. The molecule has 3 heteroatoms. The number of aliphatic hydroxyl groups is 1. The van der Waals surface area contributed by atoms with Crippen molar-refractivity contribution in [1.29, 1.82) is 5.26 Å². The van der Waals surface area contributed by atoms with Gasteiger partial charge in [-0.15, -0.1) is 0 Å². The highest BCUT2D eigenvalue weighted by molar-refractivity contribution is 5.37. The molecule has 0 aliphatic heterocycles. The predicted octanol–water partition coefficient (Wildman–Crippen LogP) is 2.45. The largest absolute Gasteiger partial charge is 0.396 e. The van der Waals surface area contributed by atoms with Gasteiger partial charge in [-0.1, -0.05) is 32.0 Å². The molecule has 0 aliphatic carbocycles. The van der Waals surface area contributed by atoms with E-state index < -0.39 is 0 Å². The molecule has 1 aromatic rings. The summed E-state index contributed by atoms with van der Waals surface area (Å²) in [5, 5.41) is 21.2. The quantitative estimate of drug-likeness (QED) is 0.777. The molecule has 0 aliphatic rings. The molecule has 0 saturated heterocycles. The molecule has 0 fully saturated rings. The lowest BCUT2D eigenvalue weighted by Gasteiger charge is -2.24. The first-order valence-corrected chi connectivity index (χ1v) is 6.38. The second kappa shape index (κ2) is 7.15. The maximum absolute atomic E-state index is 8.99. The molecule has 98 valence electrons. The van der Waals surface area contributed by atoms with E-state index in [2.05, 4.69) is 25.2 Å². The van der Waals surface area contributed by atoms with Gasteiger partial charge in [0.05, 0.1) is 11.6 Å². The van der Waals surface area contributed by atoms with E-state index in [1.54, 1.807) is 0 Å². The molecule has 0 radical (unpaired) electrons. The standard InChI is InChI=1S/C15H22N2O/c1-15(2,8-5-9-18)12-17-11-14-7-4-3-6-13(14)10-16/h3-4,6-7,17-18H,5,8-9,11-12H2,1-2H3. The van der Waals surface area contributed by atoms with Gasteiger partial charge in [-0.2, -0.15) is 5.26 Å². The summed E-state index contributed by atoms with van der Waals surface area (Å²) in [6.45, 7) is 6.22. The van der Waals surface area contributed by atoms with E-state index in [1.165, 1.54) is 0 Å². The van der Waals surface area contributed by atoms with Crippen LogP contribution in [0.4, 0.5) is 0 Å². The van der Waals surface area contributed by atoms with Crippen LogP contribution in [0.5, 0.6) is 0 Å². The van der Waals surface area contributed by atoms with Gasteiger partial charge in [-0.3, -0.25) is 0 Å². The number of hydrogen-bond donors (Lipinski definition) is 2. The summed E-state index contributed by atoms with van der Waals surface area (Å²) in [6, 6.07) is 9.86. The van der Waals surface area contributed by atoms with E-state index in [-0.39, 0.29) is 12.0 Å². The van der Waals surface area contributed by atoms with E-state index in [4.69, 9.17) is 10.4 Å². The lowest BCUT2D eigenvalue weighted by atomic mass is 9.88. The van der Waals surface area contributed by atoms with Gasteiger partial charge in [0.25, 0.3) is 0 Å². The van der Waals surface area contributed by atoms with E-state index in [0.717, 1.165) is 30.5 Å². The topological polar surface area (TPSA) is 56.0 Å². The van der Waals surface area contributed by atoms with E-state index in [9.17, 15) is 0 Å². The van der Waals surface area contributed by atoms with Crippen LogP contribution in [0.2, 0.25) is 0 Å². The van der Waals surface area contributed by atoms with E-state index in [0.29, 0.717) is 6.54 Å². The van der Waals surface area contributed by atoms with Crippen molar-refractivity contribution < 1.29 is 5.11 Å². The Balaban J connectivity index is 2.44. The van der Waals surface area contributed by atoms with Crippen LogP contribution in [0, 0.1) is 16.7 Å². The van der Waals surface area contributed by atoms with Gasteiger partial charge in [0, 0.05) is 19.7 Å². The normalized spacial score (nSPS) is 11.2. The van der Waals surface area contributed by atoms with Crippen LogP contribution < -0.4 is 5.32 Å². The minimum Gasteiger partial charge on any atom is -0.396 e. The molecule has 0 bridgehead atoms. The molecule has 2 N–H and O–H groups in total. The average molecular weight is 246 g/mol. The number of aliphatic hydroxyl groups excluding tert-OH is 1. The molecule has 0 unspecified atom stereocenters. The van der Waals surface area contributed by atoms with E-state index >= 15 is 0 Å². The Morgan fingerprint density at radius 2 is 2.06 bits per heavy atom. The summed E-state index contributed by atoms with van der Waals surface area (Å²) in [5.41, 5.74) is 1.95. The van der Waals surface area contributed by atoms with Crippen LogP contribution in [-0.4, -0.2) is 18.3 Å². The van der Waals surface area contributed by atoms with Gasteiger partial charge in [0.2, 0.25) is 0 Å². The summed E-state index contributed by atoms with van der Waals surface area (Å²) >= 11 is 0. The van der Waals surface area contributed by atoms with Crippen LogP contribution in [0.1, 0.15) is 37.8 Å². The van der Waals surface area contributed by atoms with Gasteiger partial charge in [0.15, 0.2) is 0 Å². The van der Waals surface area contributed by atoms with Gasteiger partial charge < -0.3 is 10.4 Å². The molecule has 0 atom stereocenters. The first kappa shape index (κ1) is 14.7. The summed E-state index contributed by atoms with van der Waals surface area (Å²) in [5.74, 6) is 0. The summed E-state index contributed by atoms with van der Waals surface area (Å²) in [6.07, 6.45) is 1.83. The Morgan fingerprint density at radius 3 is 2.72 bits per heavy atom. The zero-order valence-electron chi connectivity index (χ0n) is 11.2. The SMILES string of the molecule is CC(C)(CCCO)CNCc1ccccc1C#N. The molecule has 0 amide bonds. The highest BCUT2D eigenvalue weighted by Crippen LogP contribution is 2.21. The number of benzene rings is 1. The number of nitrogens with zero attached hydrogens (tertiary/aromatic N) is 1. The number of nitriles is 1. The van der Waals surface area contributed by atoms with Crippen LogP contribution in [-0.2, 0) is 6.54 Å². The van der Waals surface area contributed by atoms with Crippen molar-refractivity contribution in [2.45, 2.75) is 33.2 Å². The first-order chi connectivity index (χ1) is 8.59. The third-order valence-electron chi connectivity index (χ3n) is 3.07. The number of hydrogen-bond acceptors (Lipinski definition) is 3. The van der Waals surface area contributed by atoms with E-state index in [1.807, 2.05) is 24.3 Å². The fraction of sp³-hybridized carbons (Fsp3) is 0.533. The Bertz CT molecular complexity index is 407. The molecule has 0 heterocycles. The smallest absolute Gasteiger partial charge is 0.0995 e. The summed E-state index contributed by atoms with van der Waals surface area (Å²) in [4.78, 5) is 0. The van der Waals surface area contributed by atoms with Crippen molar-refractivity contribution in [2.24, 2.45) is 5.41 Å². The molecular formula is C15H22N2O. The third kappa shape index (κ3) is 4.87. The minimum absolute atomic E-state index is 0.171. The number of nitrogens with one attached hydrogen (secondary N) is 1. The lowest BCUT2D eigenvalue weighted by molar-refractivity contribution is 0.236. The molecule has 1 aromatic carbocycles. The Labute approximate surface area is 109 Å². The van der Waals surface area contributed by atoms with Gasteiger partial charge in [-0.05, 0) is 29.9 Å². The van der Waals surface area contributed by atoms with Crippen LogP contribution in [0.25, 0.3) is 0 Å². The molecule has 0 saturated carbocycles. The van der Waals surface area contributed by atoms with Gasteiger partial charge >= 0.3 is 0 Å².